The molecule has 4 rings (SSSR count). The first-order chi connectivity index (χ1) is 12.6. The third-order valence-corrected chi connectivity index (χ3v) is 6.29. The van der Waals surface area contributed by atoms with Crippen LogP contribution in [0.25, 0.3) is 0 Å². The molecule has 0 radical (unpaired) electrons. The van der Waals surface area contributed by atoms with E-state index in [1.54, 1.807) is 10.9 Å². The standard InChI is InChI=1S/C21H27N3O2/c1-16-11-13-22-24(16)15-20(25)23-14-12-21(26,17-7-3-2-4-8-17)18-9-5-6-10-19(18)23/h2-4,7-8,11,13,18-19,26H,5-6,9-10,12,14-15H2,1H3/t18-,19+,21-/m1/s1. The van der Waals surface area contributed by atoms with Gasteiger partial charge >= 0.3 is 0 Å². The van der Waals surface area contributed by atoms with Crippen molar-refractivity contribution in [2.75, 3.05) is 6.54 Å². The van der Waals surface area contributed by atoms with Gasteiger partial charge in [-0.1, -0.05) is 43.2 Å². The molecule has 2 aromatic rings. The lowest BCUT2D eigenvalue weighted by atomic mass is 9.66. The van der Waals surface area contributed by atoms with Gasteiger partial charge in [-0.2, -0.15) is 5.10 Å². The second-order valence-electron chi connectivity index (χ2n) is 7.72. The molecule has 1 aromatic carbocycles. The number of likely N-dealkylation sites (tertiary alicyclic amines) is 1. The first kappa shape index (κ1) is 17.3. The number of fused-ring (bicyclic) bond motifs is 1. The van der Waals surface area contributed by atoms with E-state index >= 15 is 0 Å². The Kier molecular flexibility index (Phi) is 4.57. The zero-order valence-electron chi connectivity index (χ0n) is 15.3. The molecular formula is C21H27N3O2. The van der Waals surface area contributed by atoms with E-state index in [4.69, 9.17) is 0 Å². The maximum absolute atomic E-state index is 13.0. The molecule has 1 saturated carbocycles. The molecule has 1 aliphatic carbocycles. The normalized spacial score (nSPS) is 28.6. The van der Waals surface area contributed by atoms with E-state index in [9.17, 15) is 9.90 Å². The molecule has 0 bridgehead atoms. The SMILES string of the molecule is Cc1ccnn1CC(=O)N1CC[C@@](O)(c2ccccc2)[C@@H]2CCCC[C@@H]21. The largest absolute Gasteiger partial charge is 0.385 e. The Balaban J connectivity index is 1.58. The Bertz CT molecular complexity index is 773. The molecule has 1 saturated heterocycles. The van der Waals surface area contributed by atoms with Crippen LogP contribution in [-0.4, -0.2) is 38.3 Å². The number of benzene rings is 1. The van der Waals surface area contributed by atoms with Gasteiger partial charge in [0.15, 0.2) is 0 Å². The van der Waals surface area contributed by atoms with Crippen molar-refractivity contribution in [3.63, 3.8) is 0 Å². The lowest BCUT2D eigenvalue weighted by Crippen LogP contribution is -2.59. The topological polar surface area (TPSA) is 58.4 Å². The van der Waals surface area contributed by atoms with Crippen LogP contribution in [0, 0.1) is 12.8 Å². The number of rotatable bonds is 3. The second kappa shape index (κ2) is 6.88. The summed E-state index contributed by atoms with van der Waals surface area (Å²) in [6, 6.07) is 12.0. The second-order valence-corrected chi connectivity index (χ2v) is 7.72. The summed E-state index contributed by atoms with van der Waals surface area (Å²) in [7, 11) is 0. The van der Waals surface area contributed by atoms with E-state index in [2.05, 4.69) is 5.10 Å². The van der Waals surface area contributed by atoms with Gasteiger partial charge in [0.25, 0.3) is 0 Å². The van der Waals surface area contributed by atoms with E-state index in [1.807, 2.05) is 48.2 Å². The monoisotopic (exact) mass is 353 g/mol. The van der Waals surface area contributed by atoms with Crippen LogP contribution in [0.1, 0.15) is 43.4 Å². The van der Waals surface area contributed by atoms with Crippen molar-refractivity contribution in [2.45, 2.75) is 57.2 Å². The molecule has 1 amide bonds. The van der Waals surface area contributed by atoms with E-state index < -0.39 is 5.60 Å². The molecule has 2 aliphatic rings. The minimum atomic E-state index is -0.829. The fraction of sp³-hybridized carbons (Fsp3) is 0.524. The van der Waals surface area contributed by atoms with Crippen molar-refractivity contribution >= 4 is 5.91 Å². The van der Waals surface area contributed by atoms with Crippen molar-refractivity contribution < 1.29 is 9.90 Å². The lowest BCUT2D eigenvalue weighted by Gasteiger charge is -2.52. The van der Waals surface area contributed by atoms with Crippen molar-refractivity contribution in [1.29, 1.82) is 0 Å². The zero-order chi connectivity index (χ0) is 18.1. The van der Waals surface area contributed by atoms with Gasteiger partial charge in [-0.3, -0.25) is 9.48 Å². The number of hydrogen-bond acceptors (Lipinski definition) is 3. The first-order valence-corrected chi connectivity index (χ1v) is 9.65. The number of carbonyl (C=O) groups is 1. The van der Waals surface area contributed by atoms with Crippen molar-refractivity contribution in [2.24, 2.45) is 5.92 Å². The molecule has 5 nitrogen and oxygen atoms in total. The van der Waals surface area contributed by atoms with Gasteiger partial charge in [-0.15, -0.1) is 0 Å². The average molecular weight is 353 g/mol. The number of carbonyl (C=O) groups excluding carboxylic acids is 1. The van der Waals surface area contributed by atoms with Crippen LogP contribution in [0.5, 0.6) is 0 Å². The summed E-state index contributed by atoms with van der Waals surface area (Å²) >= 11 is 0. The Morgan fingerprint density at radius 2 is 2.00 bits per heavy atom. The van der Waals surface area contributed by atoms with Crippen LogP contribution >= 0.6 is 0 Å². The molecule has 1 aromatic heterocycles. The molecular weight excluding hydrogens is 326 g/mol. The van der Waals surface area contributed by atoms with Gasteiger partial charge in [0.05, 0.1) is 5.60 Å². The molecule has 2 fully saturated rings. The predicted molar refractivity (Wildman–Crippen MR) is 99.4 cm³/mol. The number of aliphatic hydroxyl groups is 1. The van der Waals surface area contributed by atoms with E-state index in [-0.39, 0.29) is 24.4 Å². The van der Waals surface area contributed by atoms with Crippen LogP contribution in [0.4, 0.5) is 0 Å². The highest BCUT2D eigenvalue weighted by atomic mass is 16.3. The molecule has 5 heteroatoms. The van der Waals surface area contributed by atoms with Gasteiger partial charge in [0.1, 0.15) is 6.54 Å². The van der Waals surface area contributed by atoms with Gasteiger partial charge in [0.2, 0.25) is 5.91 Å². The Morgan fingerprint density at radius 3 is 2.73 bits per heavy atom. The fourth-order valence-corrected chi connectivity index (χ4v) is 4.86. The maximum Gasteiger partial charge on any atom is 0.244 e. The smallest absolute Gasteiger partial charge is 0.244 e. The van der Waals surface area contributed by atoms with Crippen molar-refractivity contribution in [3.8, 4) is 0 Å². The summed E-state index contributed by atoms with van der Waals surface area (Å²) < 4.78 is 1.76. The highest BCUT2D eigenvalue weighted by molar-refractivity contribution is 5.76. The van der Waals surface area contributed by atoms with Gasteiger partial charge < -0.3 is 10.0 Å². The highest BCUT2D eigenvalue weighted by Gasteiger charge is 2.50. The van der Waals surface area contributed by atoms with Crippen molar-refractivity contribution in [3.05, 3.63) is 53.9 Å². The number of piperidine rings is 1. The van der Waals surface area contributed by atoms with Crippen LogP contribution in [0.2, 0.25) is 0 Å². The van der Waals surface area contributed by atoms with Gasteiger partial charge in [0, 0.05) is 30.4 Å². The first-order valence-electron chi connectivity index (χ1n) is 9.65. The number of nitrogens with zero attached hydrogens (tertiary/aromatic N) is 3. The van der Waals surface area contributed by atoms with Crippen LogP contribution in [-0.2, 0) is 16.9 Å². The van der Waals surface area contributed by atoms with Crippen molar-refractivity contribution in [1.82, 2.24) is 14.7 Å². The molecule has 138 valence electrons. The summed E-state index contributed by atoms with van der Waals surface area (Å²) in [6.07, 6.45) is 6.52. The van der Waals surface area contributed by atoms with E-state index in [0.717, 1.165) is 36.9 Å². The van der Waals surface area contributed by atoms with Gasteiger partial charge in [-0.25, -0.2) is 0 Å². The molecule has 3 atom stereocenters. The van der Waals surface area contributed by atoms with E-state index in [0.29, 0.717) is 13.0 Å². The maximum atomic E-state index is 13.0. The van der Waals surface area contributed by atoms with E-state index in [1.165, 1.54) is 0 Å². The minimum Gasteiger partial charge on any atom is -0.385 e. The molecule has 1 aliphatic heterocycles. The van der Waals surface area contributed by atoms with Crippen LogP contribution in [0.3, 0.4) is 0 Å². The average Bonchev–Trinajstić information content (AvgIpc) is 3.07. The number of aromatic nitrogens is 2. The molecule has 2 heterocycles. The Morgan fingerprint density at radius 1 is 1.23 bits per heavy atom. The molecule has 1 N–H and O–H groups in total. The van der Waals surface area contributed by atoms with Crippen LogP contribution < -0.4 is 0 Å². The number of amides is 1. The third-order valence-electron chi connectivity index (χ3n) is 6.29. The summed E-state index contributed by atoms with van der Waals surface area (Å²) in [5, 5.41) is 15.8. The number of aryl methyl sites for hydroxylation is 1. The zero-order valence-corrected chi connectivity index (χ0v) is 15.3. The van der Waals surface area contributed by atoms with Crippen LogP contribution in [0.15, 0.2) is 42.6 Å². The van der Waals surface area contributed by atoms with Gasteiger partial charge in [-0.05, 0) is 37.8 Å². The quantitative estimate of drug-likeness (QED) is 0.923. The summed E-state index contributed by atoms with van der Waals surface area (Å²) in [5.41, 5.74) is 1.16. The Hall–Kier alpha value is -2.14. The summed E-state index contributed by atoms with van der Waals surface area (Å²) in [5.74, 6) is 0.221. The minimum absolute atomic E-state index is 0.107. The fourth-order valence-electron chi connectivity index (χ4n) is 4.86. The predicted octanol–water partition coefficient (Wildman–Crippen LogP) is 2.87. The summed E-state index contributed by atoms with van der Waals surface area (Å²) in [6.45, 7) is 2.85. The summed E-state index contributed by atoms with van der Waals surface area (Å²) in [4.78, 5) is 15.0. The molecule has 0 unspecified atom stereocenters. The highest BCUT2D eigenvalue weighted by Crippen LogP contribution is 2.46. The molecule has 26 heavy (non-hydrogen) atoms. The third kappa shape index (κ3) is 2.94. The Labute approximate surface area is 154 Å². The lowest BCUT2D eigenvalue weighted by molar-refractivity contribution is -0.155. The molecule has 0 spiro atoms. The number of hydrogen-bond donors (Lipinski definition) is 1.